The van der Waals surface area contributed by atoms with E-state index in [9.17, 15) is 0 Å². The van der Waals surface area contributed by atoms with E-state index in [1.807, 2.05) is 0 Å². The van der Waals surface area contributed by atoms with Gasteiger partial charge in [0, 0.05) is 17.5 Å². The highest BCUT2D eigenvalue weighted by Gasteiger charge is 2.30. The third-order valence-corrected chi connectivity index (χ3v) is 4.16. The number of hydrogen-bond acceptors (Lipinski definition) is 3. The summed E-state index contributed by atoms with van der Waals surface area (Å²) in [5.74, 6) is 1.81. The Morgan fingerprint density at radius 3 is 2.30 bits per heavy atom. The number of nitrogens with zero attached hydrogens (tertiary/aromatic N) is 3. The van der Waals surface area contributed by atoms with E-state index in [1.54, 1.807) is 0 Å². The van der Waals surface area contributed by atoms with Gasteiger partial charge in [-0.05, 0) is 39.5 Å². The molecule has 108 valence electrons. The zero-order chi connectivity index (χ0) is 14.6. The van der Waals surface area contributed by atoms with E-state index in [2.05, 4.69) is 39.2 Å². The fraction of sp³-hybridized carbons (Fsp3) is 0.625. The predicted octanol–water partition coefficient (Wildman–Crippen LogP) is 3.90. The summed E-state index contributed by atoms with van der Waals surface area (Å²) in [4.78, 5) is 9.80. The molecule has 4 heteroatoms. The van der Waals surface area contributed by atoms with Crippen LogP contribution in [-0.4, -0.2) is 14.5 Å². The fourth-order valence-electron chi connectivity index (χ4n) is 3.07. The van der Waals surface area contributed by atoms with Crippen LogP contribution in [0.15, 0.2) is 0 Å². The van der Waals surface area contributed by atoms with Crippen LogP contribution in [0.1, 0.15) is 75.4 Å². The van der Waals surface area contributed by atoms with Crippen LogP contribution in [0.4, 0.5) is 5.82 Å². The summed E-state index contributed by atoms with van der Waals surface area (Å²) >= 11 is 0. The number of anilines is 1. The first-order valence-electron chi connectivity index (χ1n) is 7.59. The largest absolute Gasteiger partial charge is 0.385 e. The number of rotatable bonds is 3. The van der Waals surface area contributed by atoms with Crippen molar-refractivity contribution in [3.63, 3.8) is 0 Å². The van der Waals surface area contributed by atoms with E-state index in [1.165, 1.54) is 18.5 Å². The first-order chi connectivity index (χ1) is 9.41. The van der Waals surface area contributed by atoms with Gasteiger partial charge in [-0.1, -0.05) is 13.8 Å². The number of fused-ring (bicyclic) bond motifs is 1. The molecule has 0 amide bonds. The van der Waals surface area contributed by atoms with Crippen LogP contribution >= 0.6 is 0 Å². The van der Waals surface area contributed by atoms with E-state index < -0.39 is 0 Å². The van der Waals surface area contributed by atoms with Crippen LogP contribution in [0.3, 0.4) is 0 Å². The van der Waals surface area contributed by atoms with Crippen molar-refractivity contribution in [2.75, 3.05) is 5.73 Å². The van der Waals surface area contributed by atoms with Gasteiger partial charge >= 0.3 is 0 Å². The molecule has 3 rings (SSSR count). The lowest BCUT2D eigenvalue weighted by Gasteiger charge is -2.12. The Kier molecular flexibility index (Phi) is 3.00. The summed E-state index contributed by atoms with van der Waals surface area (Å²) < 4.78 is 2.13. The van der Waals surface area contributed by atoms with Gasteiger partial charge in [0.05, 0.1) is 11.4 Å². The Labute approximate surface area is 120 Å². The quantitative estimate of drug-likeness (QED) is 0.921. The summed E-state index contributed by atoms with van der Waals surface area (Å²) in [5, 5.41) is 0. The van der Waals surface area contributed by atoms with Crippen molar-refractivity contribution in [3.8, 4) is 0 Å². The SMILES string of the molecule is Cc1nc2c(nc1C1CC1)c(C(C)C)c(N)n2C(C)C. The molecule has 1 fully saturated rings. The summed E-state index contributed by atoms with van der Waals surface area (Å²) in [6.07, 6.45) is 2.50. The van der Waals surface area contributed by atoms with Crippen LogP contribution < -0.4 is 5.73 Å². The molecule has 2 N–H and O–H groups in total. The molecule has 0 unspecified atom stereocenters. The fourth-order valence-corrected chi connectivity index (χ4v) is 3.07. The topological polar surface area (TPSA) is 56.7 Å². The van der Waals surface area contributed by atoms with Gasteiger partial charge in [-0.25, -0.2) is 9.97 Å². The molecule has 1 aliphatic carbocycles. The third-order valence-electron chi connectivity index (χ3n) is 4.16. The smallest absolute Gasteiger partial charge is 0.161 e. The summed E-state index contributed by atoms with van der Waals surface area (Å²) in [6.45, 7) is 10.7. The zero-order valence-corrected chi connectivity index (χ0v) is 13.1. The molecule has 0 bridgehead atoms. The molecule has 0 aromatic carbocycles. The van der Waals surface area contributed by atoms with Crippen molar-refractivity contribution in [2.45, 2.75) is 65.3 Å². The van der Waals surface area contributed by atoms with Crippen molar-refractivity contribution in [1.82, 2.24) is 14.5 Å². The molecule has 0 saturated heterocycles. The molecule has 2 aromatic heterocycles. The van der Waals surface area contributed by atoms with Gasteiger partial charge in [-0.3, -0.25) is 0 Å². The second-order valence-corrected chi connectivity index (χ2v) is 6.56. The maximum absolute atomic E-state index is 6.39. The molecule has 0 aliphatic heterocycles. The molecule has 2 heterocycles. The van der Waals surface area contributed by atoms with Crippen LogP contribution in [0.2, 0.25) is 0 Å². The molecule has 2 aromatic rings. The maximum atomic E-state index is 6.39. The van der Waals surface area contributed by atoms with Gasteiger partial charge in [0.15, 0.2) is 5.65 Å². The second kappa shape index (κ2) is 4.47. The monoisotopic (exact) mass is 272 g/mol. The highest BCUT2D eigenvalue weighted by molar-refractivity contribution is 5.84. The van der Waals surface area contributed by atoms with Crippen molar-refractivity contribution >= 4 is 17.0 Å². The molecular formula is C16H24N4. The molecule has 0 atom stereocenters. The highest BCUT2D eigenvalue weighted by atomic mass is 15.1. The van der Waals surface area contributed by atoms with Gasteiger partial charge < -0.3 is 10.3 Å². The zero-order valence-electron chi connectivity index (χ0n) is 13.1. The number of aromatic nitrogens is 3. The molecule has 0 radical (unpaired) electrons. The minimum absolute atomic E-state index is 0.297. The van der Waals surface area contributed by atoms with E-state index >= 15 is 0 Å². The van der Waals surface area contributed by atoms with Crippen LogP contribution in [0, 0.1) is 6.92 Å². The summed E-state index contributed by atoms with van der Waals surface area (Å²) in [6, 6.07) is 0.297. The number of nitrogen functional groups attached to an aromatic ring is 1. The second-order valence-electron chi connectivity index (χ2n) is 6.56. The minimum Gasteiger partial charge on any atom is -0.385 e. The average molecular weight is 272 g/mol. The van der Waals surface area contributed by atoms with Gasteiger partial charge in [0.2, 0.25) is 0 Å². The van der Waals surface area contributed by atoms with Crippen LogP contribution in [0.5, 0.6) is 0 Å². The predicted molar refractivity (Wildman–Crippen MR) is 83.1 cm³/mol. The Bertz CT molecular complexity index is 663. The molecule has 0 spiro atoms. The third kappa shape index (κ3) is 1.89. The van der Waals surface area contributed by atoms with E-state index in [0.29, 0.717) is 17.9 Å². The van der Waals surface area contributed by atoms with Crippen molar-refractivity contribution in [1.29, 1.82) is 0 Å². The molecular weight excluding hydrogens is 248 g/mol. The Morgan fingerprint density at radius 2 is 1.80 bits per heavy atom. The van der Waals surface area contributed by atoms with Gasteiger partial charge in [0.25, 0.3) is 0 Å². The Balaban J connectivity index is 2.35. The lowest BCUT2D eigenvalue weighted by Crippen LogP contribution is -2.07. The number of hydrogen-bond donors (Lipinski definition) is 1. The van der Waals surface area contributed by atoms with Crippen molar-refractivity contribution in [3.05, 3.63) is 17.0 Å². The summed E-state index contributed by atoms with van der Waals surface area (Å²) in [5.41, 5.74) is 11.8. The number of aryl methyl sites for hydroxylation is 1. The highest BCUT2D eigenvalue weighted by Crippen LogP contribution is 2.42. The van der Waals surface area contributed by atoms with E-state index in [0.717, 1.165) is 28.2 Å². The van der Waals surface area contributed by atoms with Crippen molar-refractivity contribution in [2.24, 2.45) is 0 Å². The minimum atomic E-state index is 0.297. The average Bonchev–Trinajstić information content (AvgIpc) is 3.11. The number of nitrogens with two attached hydrogens (primary N) is 1. The maximum Gasteiger partial charge on any atom is 0.161 e. The van der Waals surface area contributed by atoms with Crippen LogP contribution in [0.25, 0.3) is 11.2 Å². The lowest BCUT2D eigenvalue weighted by molar-refractivity contribution is 0.622. The van der Waals surface area contributed by atoms with E-state index in [4.69, 9.17) is 15.7 Å². The van der Waals surface area contributed by atoms with Gasteiger partial charge in [-0.2, -0.15) is 0 Å². The van der Waals surface area contributed by atoms with Crippen molar-refractivity contribution < 1.29 is 0 Å². The first-order valence-corrected chi connectivity index (χ1v) is 7.59. The Hall–Kier alpha value is -1.58. The molecule has 1 aliphatic rings. The van der Waals surface area contributed by atoms with Gasteiger partial charge in [0.1, 0.15) is 11.3 Å². The molecule has 1 saturated carbocycles. The molecule has 4 nitrogen and oxygen atoms in total. The summed E-state index contributed by atoms with van der Waals surface area (Å²) in [7, 11) is 0. The molecule has 20 heavy (non-hydrogen) atoms. The normalized spacial score (nSPS) is 15.8. The Morgan fingerprint density at radius 1 is 1.15 bits per heavy atom. The first kappa shape index (κ1) is 13.4. The van der Waals surface area contributed by atoms with Crippen LogP contribution in [-0.2, 0) is 0 Å². The van der Waals surface area contributed by atoms with E-state index in [-0.39, 0.29) is 0 Å². The standard InChI is InChI=1S/C16H24N4/c1-8(2)12-14-16(20(9(3)4)15(12)17)18-10(5)13(19-14)11-6-7-11/h8-9,11H,6-7,17H2,1-5H3. The van der Waals surface area contributed by atoms with Gasteiger partial charge in [-0.15, -0.1) is 0 Å². The lowest BCUT2D eigenvalue weighted by atomic mass is 10.0.